The smallest absolute Gasteiger partial charge is 0.224 e. The molecule has 3 nitrogen and oxygen atoms in total. The molecule has 0 aliphatic carbocycles. The molecule has 17 heavy (non-hydrogen) atoms. The first kappa shape index (κ1) is 10.8. The van der Waals surface area contributed by atoms with Gasteiger partial charge in [0.15, 0.2) is 0 Å². The van der Waals surface area contributed by atoms with Gasteiger partial charge in [0.2, 0.25) is 5.91 Å². The number of anilines is 1. The molecule has 0 bridgehead atoms. The second-order valence-electron chi connectivity index (χ2n) is 5.35. The van der Waals surface area contributed by atoms with Gasteiger partial charge in [-0.15, -0.1) is 0 Å². The van der Waals surface area contributed by atoms with Gasteiger partial charge in [-0.2, -0.15) is 0 Å². The van der Waals surface area contributed by atoms with Gasteiger partial charge >= 0.3 is 0 Å². The molecule has 1 amide bonds. The van der Waals surface area contributed by atoms with Crippen molar-refractivity contribution in [3.05, 3.63) is 29.3 Å². The molecule has 1 aromatic carbocycles. The van der Waals surface area contributed by atoms with Gasteiger partial charge < -0.3 is 9.80 Å². The van der Waals surface area contributed by atoms with Crippen molar-refractivity contribution < 1.29 is 4.79 Å². The SMILES string of the molecule is CC(=O)N1c2ccc(C)cc2C2CN(C)C[C@@H]21. The summed E-state index contributed by atoms with van der Waals surface area (Å²) in [5, 5.41) is 0. The number of carbonyl (C=O) groups is 1. The van der Waals surface area contributed by atoms with Crippen molar-refractivity contribution >= 4 is 11.6 Å². The number of rotatable bonds is 0. The number of likely N-dealkylation sites (N-methyl/N-ethyl adjacent to an activating group) is 1. The van der Waals surface area contributed by atoms with Crippen LogP contribution in [0.15, 0.2) is 18.2 Å². The maximum absolute atomic E-state index is 11.9. The van der Waals surface area contributed by atoms with Gasteiger partial charge in [-0.3, -0.25) is 4.79 Å². The molecule has 0 saturated carbocycles. The molecular formula is C14H18N2O. The molecule has 1 aromatic rings. The molecule has 2 aliphatic rings. The Balaban J connectivity index is 2.12. The van der Waals surface area contributed by atoms with Crippen molar-refractivity contribution in [2.24, 2.45) is 0 Å². The van der Waals surface area contributed by atoms with Crippen molar-refractivity contribution in [2.45, 2.75) is 25.8 Å². The largest absolute Gasteiger partial charge is 0.307 e. The zero-order valence-electron chi connectivity index (χ0n) is 10.6. The quantitative estimate of drug-likeness (QED) is 0.678. The summed E-state index contributed by atoms with van der Waals surface area (Å²) in [7, 11) is 2.13. The van der Waals surface area contributed by atoms with Crippen LogP contribution in [0, 0.1) is 6.92 Å². The molecule has 0 spiro atoms. The van der Waals surface area contributed by atoms with E-state index in [1.165, 1.54) is 11.1 Å². The predicted molar refractivity (Wildman–Crippen MR) is 68.4 cm³/mol. The number of hydrogen-bond acceptors (Lipinski definition) is 2. The molecule has 2 heterocycles. The molecule has 3 heteroatoms. The van der Waals surface area contributed by atoms with Crippen LogP contribution in [0.5, 0.6) is 0 Å². The number of nitrogens with zero attached hydrogens (tertiary/aromatic N) is 2. The third-order valence-electron chi connectivity index (χ3n) is 3.98. The average Bonchev–Trinajstić information content (AvgIpc) is 2.73. The maximum atomic E-state index is 11.9. The zero-order valence-corrected chi connectivity index (χ0v) is 10.6. The van der Waals surface area contributed by atoms with Crippen LogP contribution < -0.4 is 4.90 Å². The van der Waals surface area contributed by atoms with Crippen LogP contribution in [-0.2, 0) is 4.79 Å². The number of hydrogen-bond donors (Lipinski definition) is 0. The standard InChI is InChI=1S/C14H18N2O/c1-9-4-5-13-11(6-9)12-7-15(3)8-14(12)16(13)10(2)17/h4-6,12,14H,7-8H2,1-3H3/t12?,14-/m0/s1. The minimum Gasteiger partial charge on any atom is -0.307 e. The van der Waals surface area contributed by atoms with Gasteiger partial charge in [-0.25, -0.2) is 0 Å². The minimum absolute atomic E-state index is 0.165. The molecule has 1 fully saturated rings. The van der Waals surface area contributed by atoms with Crippen molar-refractivity contribution in [1.29, 1.82) is 0 Å². The number of carbonyl (C=O) groups excluding carboxylic acids is 1. The highest BCUT2D eigenvalue weighted by Gasteiger charge is 2.45. The molecule has 1 unspecified atom stereocenters. The maximum Gasteiger partial charge on any atom is 0.224 e. The minimum atomic E-state index is 0.165. The van der Waals surface area contributed by atoms with Gasteiger partial charge in [0.25, 0.3) is 0 Å². The Morgan fingerprint density at radius 2 is 2.12 bits per heavy atom. The van der Waals surface area contributed by atoms with Crippen molar-refractivity contribution in [3.63, 3.8) is 0 Å². The molecule has 1 saturated heterocycles. The third-order valence-corrected chi connectivity index (χ3v) is 3.98. The molecule has 3 rings (SSSR count). The Kier molecular flexibility index (Phi) is 2.26. The fraction of sp³-hybridized carbons (Fsp3) is 0.500. The van der Waals surface area contributed by atoms with E-state index in [0.717, 1.165) is 18.8 Å². The van der Waals surface area contributed by atoms with Gasteiger partial charge in [-0.1, -0.05) is 17.7 Å². The lowest BCUT2D eigenvalue weighted by Crippen LogP contribution is -2.38. The molecule has 0 N–H and O–H groups in total. The lowest BCUT2D eigenvalue weighted by molar-refractivity contribution is -0.116. The Hall–Kier alpha value is -1.35. The first-order valence-corrected chi connectivity index (χ1v) is 6.17. The molecule has 0 radical (unpaired) electrons. The summed E-state index contributed by atoms with van der Waals surface area (Å²) < 4.78 is 0. The number of benzene rings is 1. The lowest BCUT2D eigenvalue weighted by Gasteiger charge is -2.23. The Bertz CT molecular complexity index is 483. The van der Waals surface area contributed by atoms with E-state index in [2.05, 4.69) is 37.1 Å². The molecule has 0 aromatic heterocycles. The summed E-state index contributed by atoms with van der Waals surface area (Å²) >= 11 is 0. The Labute approximate surface area is 102 Å². The van der Waals surface area contributed by atoms with Gasteiger partial charge in [0, 0.05) is 31.6 Å². The topological polar surface area (TPSA) is 23.6 Å². The van der Waals surface area contributed by atoms with Crippen LogP contribution in [-0.4, -0.2) is 37.0 Å². The zero-order chi connectivity index (χ0) is 12.2. The highest BCUT2D eigenvalue weighted by atomic mass is 16.2. The highest BCUT2D eigenvalue weighted by Crippen LogP contribution is 2.44. The van der Waals surface area contributed by atoms with Crippen molar-refractivity contribution in [3.8, 4) is 0 Å². The van der Waals surface area contributed by atoms with E-state index in [1.54, 1.807) is 6.92 Å². The molecule has 90 valence electrons. The summed E-state index contributed by atoms with van der Waals surface area (Å²) in [4.78, 5) is 16.2. The Morgan fingerprint density at radius 1 is 1.35 bits per heavy atom. The fourth-order valence-electron chi connectivity index (χ4n) is 3.32. The van der Waals surface area contributed by atoms with E-state index in [-0.39, 0.29) is 5.91 Å². The van der Waals surface area contributed by atoms with Crippen LogP contribution in [0.1, 0.15) is 24.0 Å². The summed E-state index contributed by atoms with van der Waals surface area (Å²) in [6, 6.07) is 6.79. The van der Waals surface area contributed by atoms with Crippen LogP contribution >= 0.6 is 0 Å². The fourth-order valence-corrected chi connectivity index (χ4v) is 3.32. The van der Waals surface area contributed by atoms with Gasteiger partial charge in [0.1, 0.15) is 0 Å². The second-order valence-corrected chi connectivity index (χ2v) is 5.35. The molecule has 2 aliphatic heterocycles. The van der Waals surface area contributed by atoms with Gasteiger partial charge in [-0.05, 0) is 25.6 Å². The highest BCUT2D eigenvalue weighted by molar-refractivity contribution is 5.95. The normalized spacial score (nSPS) is 27.1. The van der Waals surface area contributed by atoms with Crippen molar-refractivity contribution in [2.75, 3.05) is 25.0 Å². The van der Waals surface area contributed by atoms with E-state index in [1.807, 2.05) is 4.90 Å². The van der Waals surface area contributed by atoms with E-state index in [4.69, 9.17) is 0 Å². The van der Waals surface area contributed by atoms with Crippen LogP contribution in [0.3, 0.4) is 0 Å². The molecule has 2 atom stereocenters. The van der Waals surface area contributed by atoms with E-state index >= 15 is 0 Å². The van der Waals surface area contributed by atoms with Crippen LogP contribution in [0.2, 0.25) is 0 Å². The van der Waals surface area contributed by atoms with E-state index < -0.39 is 0 Å². The number of amides is 1. The monoisotopic (exact) mass is 230 g/mol. The Morgan fingerprint density at radius 3 is 2.82 bits per heavy atom. The third kappa shape index (κ3) is 1.49. The summed E-state index contributed by atoms with van der Waals surface area (Å²) in [6.45, 7) is 5.83. The summed E-state index contributed by atoms with van der Waals surface area (Å²) in [5.74, 6) is 0.664. The second kappa shape index (κ2) is 3.57. The summed E-state index contributed by atoms with van der Waals surface area (Å²) in [5.41, 5.74) is 3.77. The molecular weight excluding hydrogens is 212 g/mol. The van der Waals surface area contributed by atoms with Crippen LogP contribution in [0.25, 0.3) is 0 Å². The summed E-state index contributed by atoms with van der Waals surface area (Å²) in [6.07, 6.45) is 0. The average molecular weight is 230 g/mol. The van der Waals surface area contributed by atoms with E-state index in [9.17, 15) is 4.79 Å². The van der Waals surface area contributed by atoms with Gasteiger partial charge in [0.05, 0.1) is 6.04 Å². The first-order valence-electron chi connectivity index (χ1n) is 6.17. The number of fused-ring (bicyclic) bond motifs is 3. The first-order chi connectivity index (χ1) is 8.08. The number of aryl methyl sites for hydroxylation is 1. The van der Waals surface area contributed by atoms with Crippen LogP contribution in [0.4, 0.5) is 5.69 Å². The lowest BCUT2D eigenvalue weighted by atomic mass is 9.97. The number of likely N-dealkylation sites (tertiary alicyclic amines) is 1. The van der Waals surface area contributed by atoms with Crippen molar-refractivity contribution in [1.82, 2.24) is 4.90 Å². The van der Waals surface area contributed by atoms with E-state index in [0.29, 0.717) is 12.0 Å². The predicted octanol–water partition coefficient (Wildman–Crippen LogP) is 1.76.